The van der Waals surface area contributed by atoms with Gasteiger partial charge in [-0.25, -0.2) is 0 Å². The third-order valence-corrected chi connectivity index (χ3v) is 12.9. The van der Waals surface area contributed by atoms with E-state index in [-0.39, 0.29) is 93.5 Å². The predicted molar refractivity (Wildman–Crippen MR) is 262 cm³/mol. The van der Waals surface area contributed by atoms with Gasteiger partial charge in [0.25, 0.3) is 0 Å². The topological polar surface area (TPSA) is 297 Å². The second-order valence-electron chi connectivity index (χ2n) is 20.8. The van der Waals surface area contributed by atoms with Gasteiger partial charge in [-0.3, -0.25) is 47.9 Å². The molecule has 20 heteroatoms. The Kier molecular flexibility index (Phi) is 25.1. The highest BCUT2D eigenvalue weighted by Gasteiger charge is 2.51. The number of nitrogens with two attached hydrogens (primary N) is 1. The highest BCUT2D eigenvalue weighted by atomic mass is 16.6. The van der Waals surface area contributed by atoms with E-state index in [1.165, 1.54) is 11.9 Å². The Hall–Kier alpha value is -4.98. The molecule has 2 heterocycles. The van der Waals surface area contributed by atoms with Crippen LogP contribution in [0.4, 0.5) is 0 Å². The maximum absolute atomic E-state index is 14.1. The lowest BCUT2D eigenvalue weighted by molar-refractivity contribution is -0.137. The maximum Gasteiger partial charge on any atom is 0.243 e. The molecule has 2 fully saturated rings. The molecule has 0 aliphatic carbocycles. The van der Waals surface area contributed by atoms with Gasteiger partial charge in [-0.15, -0.1) is 0 Å². The molecule has 0 bridgehead atoms. The third-order valence-electron chi connectivity index (χ3n) is 12.9. The zero-order valence-corrected chi connectivity index (χ0v) is 44.0. The standard InChI is InChI=1S/C50H86N8O12/c1-13-15-17-19-38(60)56-41(30(5)6)47(67)52-33(21-23-37(51)59)45(65)55-36(44(64)50(11)28-70-50)26-32(9)58(12)40(62)24-22-34(46(66)54-35(25-29(3)4)43(63)49(10)27-69-49)53-48(68)42(31(7)8)57-39(61)20-18-16-14-2/h29-36,41-42H,13-28H2,1-12H3,(H2,51,59)(H,52,67)(H,53,68)(H,54,66)(H,55,65)(H,56,60)(H,57,61). The Morgan fingerprint density at radius 2 is 0.900 bits per heavy atom. The van der Waals surface area contributed by atoms with Crippen LogP contribution in [-0.2, 0) is 57.4 Å². The molecule has 0 radical (unpaired) electrons. The first-order valence-electron chi connectivity index (χ1n) is 25.4. The molecule has 9 atom stereocenters. The van der Waals surface area contributed by atoms with Crippen molar-refractivity contribution in [1.82, 2.24) is 36.8 Å². The Morgan fingerprint density at radius 1 is 0.529 bits per heavy atom. The number of unbranched alkanes of at least 4 members (excludes halogenated alkanes) is 4. The van der Waals surface area contributed by atoms with Crippen LogP contribution in [0.2, 0.25) is 0 Å². The molecule has 8 N–H and O–H groups in total. The van der Waals surface area contributed by atoms with Gasteiger partial charge in [-0.1, -0.05) is 81.1 Å². The summed E-state index contributed by atoms with van der Waals surface area (Å²) in [5.74, 6) is -6.17. The van der Waals surface area contributed by atoms with Crippen molar-refractivity contribution in [3.63, 3.8) is 0 Å². The second kappa shape index (κ2) is 28.8. The van der Waals surface area contributed by atoms with Gasteiger partial charge in [-0.05, 0) is 77.0 Å². The van der Waals surface area contributed by atoms with E-state index in [4.69, 9.17) is 15.2 Å². The minimum absolute atomic E-state index is 0.000297. The molecule has 8 amide bonds. The average Bonchev–Trinajstić information content (AvgIpc) is 4.23. The van der Waals surface area contributed by atoms with Crippen LogP contribution in [-0.4, -0.2) is 137 Å². The average molecular weight is 991 g/mol. The minimum atomic E-state index is -1.34. The van der Waals surface area contributed by atoms with Gasteiger partial charge in [0.1, 0.15) is 35.4 Å². The number of Topliss-reactive ketones (excluding diaryl/α,β-unsaturated/α-hetero) is 2. The largest absolute Gasteiger partial charge is 0.370 e. The van der Waals surface area contributed by atoms with Gasteiger partial charge in [-0.2, -0.15) is 0 Å². The fourth-order valence-electron chi connectivity index (χ4n) is 7.89. The first-order valence-corrected chi connectivity index (χ1v) is 25.4. The van der Waals surface area contributed by atoms with E-state index >= 15 is 0 Å². The molecule has 0 aromatic rings. The number of rotatable bonds is 35. The maximum atomic E-state index is 14.1. The van der Waals surface area contributed by atoms with Crippen LogP contribution in [0.3, 0.4) is 0 Å². The summed E-state index contributed by atoms with van der Waals surface area (Å²) in [5, 5.41) is 16.5. The fourth-order valence-corrected chi connectivity index (χ4v) is 7.89. The summed E-state index contributed by atoms with van der Waals surface area (Å²) in [6.07, 6.45) is 4.43. The fraction of sp³-hybridized carbons (Fsp3) is 0.800. The van der Waals surface area contributed by atoms with Crippen molar-refractivity contribution in [1.29, 1.82) is 0 Å². The number of carbonyl (C=O) groups excluding carboxylic acids is 10. The van der Waals surface area contributed by atoms with E-state index in [1.807, 2.05) is 27.7 Å². The number of nitrogens with one attached hydrogen (secondary N) is 6. The first-order chi connectivity index (χ1) is 32.7. The van der Waals surface area contributed by atoms with Crippen LogP contribution in [0.5, 0.6) is 0 Å². The van der Waals surface area contributed by atoms with Gasteiger partial charge in [0.05, 0.1) is 25.3 Å². The van der Waals surface area contributed by atoms with Crippen LogP contribution in [0, 0.1) is 17.8 Å². The van der Waals surface area contributed by atoms with E-state index in [1.54, 1.807) is 48.5 Å². The molecule has 2 saturated heterocycles. The van der Waals surface area contributed by atoms with E-state index in [2.05, 4.69) is 31.9 Å². The highest BCUT2D eigenvalue weighted by Crippen LogP contribution is 2.31. The molecule has 70 heavy (non-hydrogen) atoms. The number of ether oxygens (including phenoxy) is 2. The first kappa shape index (κ1) is 61.1. The lowest BCUT2D eigenvalue weighted by Gasteiger charge is -2.31. The number of epoxide rings is 2. The van der Waals surface area contributed by atoms with E-state index < -0.39 is 94.7 Å². The van der Waals surface area contributed by atoms with E-state index in [0.717, 1.165) is 25.7 Å². The molecular weight excluding hydrogens is 905 g/mol. The molecule has 20 nitrogen and oxygen atoms in total. The van der Waals surface area contributed by atoms with Crippen molar-refractivity contribution >= 4 is 58.8 Å². The molecule has 398 valence electrons. The predicted octanol–water partition coefficient (Wildman–Crippen LogP) is 2.41. The molecule has 0 aromatic heterocycles. The molecule has 9 unspecified atom stereocenters. The Balaban J connectivity index is 2.35. The van der Waals surface area contributed by atoms with Crippen LogP contribution >= 0.6 is 0 Å². The number of primary amides is 1. The van der Waals surface area contributed by atoms with E-state index in [9.17, 15) is 47.9 Å². The molecule has 0 spiro atoms. The summed E-state index contributed by atoms with van der Waals surface area (Å²) in [6, 6.07) is -7.57. The Morgan fingerprint density at radius 3 is 1.24 bits per heavy atom. The molecule has 2 rings (SSSR count). The molecular formula is C50H86N8O12. The van der Waals surface area contributed by atoms with Gasteiger partial charge in [0.2, 0.25) is 47.3 Å². The lowest BCUT2D eigenvalue weighted by Crippen LogP contribution is -2.58. The number of nitrogens with zero attached hydrogens (tertiary/aromatic N) is 1. The Bertz CT molecular complexity index is 1830. The SMILES string of the molecule is CCCCCC(=O)NC(C(=O)NC(CCC(=O)N(C)C(C)CC(NC(=O)C(CCC(N)=O)NC(=O)C(NC(=O)CCCCC)C(C)C)C(=O)C1(C)CO1)C(=O)NC(CC(C)C)C(=O)C1(C)CO1)C(C)C. The number of hydrogen-bond acceptors (Lipinski definition) is 12. The second-order valence-corrected chi connectivity index (χ2v) is 20.8. The van der Waals surface area contributed by atoms with Gasteiger partial charge in [0.15, 0.2) is 11.6 Å². The summed E-state index contributed by atoms with van der Waals surface area (Å²) in [7, 11) is 1.49. The molecule has 0 aromatic carbocycles. The molecule has 2 aliphatic heterocycles. The van der Waals surface area contributed by atoms with Crippen LogP contribution in [0.1, 0.15) is 166 Å². The van der Waals surface area contributed by atoms with Gasteiger partial charge >= 0.3 is 0 Å². The summed E-state index contributed by atoms with van der Waals surface area (Å²) in [4.78, 5) is 136. The van der Waals surface area contributed by atoms with E-state index in [0.29, 0.717) is 19.3 Å². The van der Waals surface area contributed by atoms with Crippen LogP contribution in [0.25, 0.3) is 0 Å². The van der Waals surface area contributed by atoms with Gasteiger partial charge < -0.3 is 52.0 Å². The zero-order valence-electron chi connectivity index (χ0n) is 44.0. The zero-order chi connectivity index (χ0) is 53.1. The minimum Gasteiger partial charge on any atom is -0.370 e. The third kappa shape index (κ3) is 20.4. The number of ketones is 2. The normalized spacial score (nSPS) is 20.2. The number of hydrogen-bond donors (Lipinski definition) is 7. The number of amides is 8. The monoisotopic (exact) mass is 991 g/mol. The van der Waals surface area contributed by atoms with Crippen molar-refractivity contribution in [3.05, 3.63) is 0 Å². The quantitative estimate of drug-likeness (QED) is 0.0356. The van der Waals surface area contributed by atoms with Crippen LogP contribution in [0.15, 0.2) is 0 Å². The summed E-state index contributed by atoms with van der Waals surface area (Å²) < 4.78 is 10.8. The van der Waals surface area contributed by atoms with Gasteiger partial charge in [0, 0.05) is 38.8 Å². The Labute approximate surface area is 415 Å². The highest BCUT2D eigenvalue weighted by molar-refractivity contribution is 6.00. The number of carbonyl (C=O) groups is 10. The smallest absolute Gasteiger partial charge is 0.243 e. The summed E-state index contributed by atoms with van der Waals surface area (Å²) in [5.41, 5.74) is 3.16. The van der Waals surface area contributed by atoms with Crippen molar-refractivity contribution in [2.75, 3.05) is 20.3 Å². The van der Waals surface area contributed by atoms with Crippen molar-refractivity contribution in [2.45, 2.75) is 220 Å². The summed E-state index contributed by atoms with van der Waals surface area (Å²) >= 11 is 0. The summed E-state index contributed by atoms with van der Waals surface area (Å²) in [6.45, 7) is 20.0. The molecule has 2 aliphatic rings. The van der Waals surface area contributed by atoms with Crippen molar-refractivity contribution in [3.8, 4) is 0 Å². The molecule has 0 saturated carbocycles. The van der Waals surface area contributed by atoms with Crippen LogP contribution < -0.4 is 37.6 Å². The lowest BCUT2D eigenvalue weighted by atomic mass is 9.93. The van der Waals surface area contributed by atoms with Crippen molar-refractivity contribution in [2.24, 2.45) is 23.5 Å². The van der Waals surface area contributed by atoms with Crippen molar-refractivity contribution < 1.29 is 57.4 Å².